The molecule has 0 bridgehead atoms. The van der Waals surface area contributed by atoms with Crippen molar-refractivity contribution in [3.05, 3.63) is 194 Å². The number of para-hydroxylation sites is 4. The molecule has 0 unspecified atom stereocenters. The molecule has 0 fully saturated rings. The van der Waals surface area contributed by atoms with Crippen LogP contribution in [-0.4, -0.2) is 0 Å². The molecule has 0 saturated carbocycles. The van der Waals surface area contributed by atoms with Crippen LogP contribution in [0.15, 0.2) is 203 Å². The quantitative estimate of drug-likeness (QED) is 0.162. The predicted octanol–water partition coefficient (Wildman–Crippen LogP) is 14.7. The Kier molecular flexibility index (Phi) is 6.82. The summed E-state index contributed by atoms with van der Waals surface area (Å²) in [5.41, 5.74) is 9.68. The number of anilines is 6. The molecule has 0 atom stereocenters. The number of fused-ring (bicyclic) bond motifs is 9. The largest absolute Gasteiger partial charge is 0.456 e. The molecule has 4 nitrogen and oxygen atoms in total. The summed E-state index contributed by atoms with van der Waals surface area (Å²) >= 11 is 0. The van der Waals surface area contributed by atoms with Gasteiger partial charge >= 0.3 is 0 Å². The van der Waals surface area contributed by atoms with E-state index in [9.17, 15) is 0 Å². The van der Waals surface area contributed by atoms with Crippen molar-refractivity contribution in [3.8, 4) is 0 Å². The third kappa shape index (κ3) is 4.85. The lowest BCUT2D eigenvalue weighted by atomic mass is 9.97. The number of hydrogen-bond donors (Lipinski definition) is 0. The van der Waals surface area contributed by atoms with Crippen molar-refractivity contribution in [2.24, 2.45) is 0 Å². The van der Waals surface area contributed by atoms with Crippen LogP contribution in [0.2, 0.25) is 0 Å². The van der Waals surface area contributed by atoms with E-state index < -0.39 is 0 Å². The lowest BCUT2D eigenvalue weighted by Crippen LogP contribution is -2.14. The molecular formula is C50H32N2O2. The van der Waals surface area contributed by atoms with Crippen LogP contribution in [0.5, 0.6) is 0 Å². The molecular weight excluding hydrogens is 661 g/mol. The minimum atomic E-state index is 0.852. The molecule has 11 aromatic rings. The van der Waals surface area contributed by atoms with Crippen LogP contribution in [0.1, 0.15) is 0 Å². The average molecular weight is 693 g/mol. The summed E-state index contributed by atoms with van der Waals surface area (Å²) in [5, 5.41) is 9.12. The Bertz CT molecular complexity index is 3180. The Labute approximate surface area is 311 Å². The van der Waals surface area contributed by atoms with Gasteiger partial charge in [0.25, 0.3) is 0 Å². The standard InChI is InChI=1S/C50H32N2O2/c1-3-14-35(15-4-1)51(37-25-27-43-41-19-9-11-21-46(41)53-48(43)31-37)39-29-34-24-23-33-13-7-8-18-40(33)50(34)45(30-39)52(36-16-5-2-6-17-36)38-26-28-44-42-20-10-12-22-47(42)54-49(44)32-38/h1-32H. The molecule has 0 aliphatic heterocycles. The molecule has 0 N–H and O–H groups in total. The monoisotopic (exact) mass is 692 g/mol. The van der Waals surface area contributed by atoms with Crippen molar-refractivity contribution >= 4 is 99.5 Å². The van der Waals surface area contributed by atoms with Gasteiger partial charge in [-0.15, -0.1) is 0 Å². The van der Waals surface area contributed by atoms with Crippen LogP contribution in [0.25, 0.3) is 65.4 Å². The summed E-state index contributed by atoms with van der Waals surface area (Å²) in [6.07, 6.45) is 0. The summed E-state index contributed by atoms with van der Waals surface area (Å²) in [6.45, 7) is 0. The second kappa shape index (κ2) is 12.1. The van der Waals surface area contributed by atoms with Gasteiger partial charge in [0.2, 0.25) is 0 Å². The van der Waals surface area contributed by atoms with Crippen LogP contribution in [0.4, 0.5) is 34.1 Å². The molecule has 4 heteroatoms. The van der Waals surface area contributed by atoms with Crippen molar-refractivity contribution in [1.29, 1.82) is 0 Å². The Morgan fingerprint density at radius 3 is 1.39 bits per heavy atom. The highest BCUT2D eigenvalue weighted by atomic mass is 16.3. The van der Waals surface area contributed by atoms with Crippen LogP contribution in [0, 0.1) is 0 Å². The maximum atomic E-state index is 6.46. The van der Waals surface area contributed by atoms with E-state index in [0.29, 0.717) is 0 Å². The topological polar surface area (TPSA) is 32.8 Å². The van der Waals surface area contributed by atoms with Crippen LogP contribution in [-0.2, 0) is 0 Å². The molecule has 254 valence electrons. The number of benzene rings is 9. The molecule has 0 amide bonds. The third-order valence-electron chi connectivity index (χ3n) is 10.6. The molecule has 0 aliphatic carbocycles. The maximum absolute atomic E-state index is 6.46. The van der Waals surface area contributed by atoms with Gasteiger partial charge in [-0.3, -0.25) is 0 Å². The number of nitrogens with zero attached hydrogens (tertiary/aromatic N) is 2. The zero-order valence-electron chi connectivity index (χ0n) is 29.2. The van der Waals surface area contributed by atoms with Crippen molar-refractivity contribution in [2.75, 3.05) is 9.80 Å². The summed E-state index contributed by atoms with van der Waals surface area (Å²) in [5.74, 6) is 0. The van der Waals surface area contributed by atoms with Gasteiger partial charge in [0.1, 0.15) is 22.3 Å². The zero-order valence-corrected chi connectivity index (χ0v) is 29.2. The van der Waals surface area contributed by atoms with Crippen molar-refractivity contribution in [2.45, 2.75) is 0 Å². The summed E-state index contributed by atoms with van der Waals surface area (Å²) < 4.78 is 12.9. The minimum absolute atomic E-state index is 0.852. The SMILES string of the molecule is c1ccc(N(c2cc(N(c3ccccc3)c3ccc4c(c3)oc3ccccc34)c3c(ccc4ccccc43)c2)c2ccc3c(c2)oc2ccccc23)cc1. The van der Waals surface area contributed by atoms with Crippen molar-refractivity contribution in [3.63, 3.8) is 0 Å². The highest BCUT2D eigenvalue weighted by Gasteiger charge is 2.23. The van der Waals surface area contributed by atoms with Crippen molar-refractivity contribution in [1.82, 2.24) is 0 Å². The summed E-state index contributed by atoms with van der Waals surface area (Å²) in [7, 11) is 0. The fourth-order valence-electron chi connectivity index (χ4n) is 8.15. The second-order valence-corrected chi connectivity index (χ2v) is 13.7. The molecule has 2 aromatic heterocycles. The van der Waals surface area contributed by atoms with E-state index in [1.807, 2.05) is 24.3 Å². The molecule has 9 aromatic carbocycles. The Hall–Kier alpha value is -7.30. The van der Waals surface area contributed by atoms with Gasteiger partial charge < -0.3 is 18.6 Å². The van der Waals surface area contributed by atoms with Crippen LogP contribution in [0.3, 0.4) is 0 Å². The lowest BCUT2D eigenvalue weighted by molar-refractivity contribution is 0.668. The van der Waals surface area contributed by atoms with Crippen molar-refractivity contribution < 1.29 is 8.83 Å². The van der Waals surface area contributed by atoms with Gasteiger partial charge in [-0.2, -0.15) is 0 Å². The second-order valence-electron chi connectivity index (χ2n) is 13.7. The van der Waals surface area contributed by atoms with Crippen LogP contribution >= 0.6 is 0 Å². The minimum Gasteiger partial charge on any atom is -0.456 e. The van der Waals surface area contributed by atoms with E-state index in [1.165, 1.54) is 16.2 Å². The first kappa shape index (κ1) is 30.3. The first-order valence-corrected chi connectivity index (χ1v) is 18.3. The Balaban J connectivity index is 1.20. The number of hydrogen-bond acceptors (Lipinski definition) is 4. The van der Waals surface area contributed by atoms with E-state index in [0.717, 1.165) is 83.4 Å². The highest BCUT2D eigenvalue weighted by molar-refractivity contribution is 6.17. The Morgan fingerprint density at radius 1 is 0.278 bits per heavy atom. The van der Waals surface area contributed by atoms with Gasteiger partial charge in [-0.25, -0.2) is 0 Å². The maximum Gasteiger partial charge on any atom is 0.137 e. The van der Waals surface area contributed by atoms with Gasteiger partial charge in [0.15, 0.2) is 0 Å². The van der Waals surface area contributed by atoms with Gasteiger partial charge in [-0.05, 0) is 89.0 Å². The third-order valence-corrected chi connectivity index (χ3v) is 10.6. The fraction of sp³-hybridized carbons (Fsp3) is 0. The van der Waals surface area contributed by atoms with Crippen LogP contribution < -0.4 is 9.80 Å². The van der Waals surface area contributed by atoms with E-state index in [2.05, 4.69) is 180 Å². The normalized spacial score (nSPS) is 11.7. The molecule has 0 aliphatic rings. The summed E-state index contributed by atoms with van der Waals surface area (Å²) in [4.78, 5) is 4.70. The smallest absolute Gasteiger partial charge is 0.137 e. The molecule has 2 heterocycles. The molecule has 54 heavy (non-hydrogen) atoms. The first-order chi connectivity index (χ1) is 26.8. The van der Waals surface area contributed by atoms with Gasteiger partial charge in [-0.1, -0.05) is 109 Å². The molecule has 11 rings (SSSR count). The van der Waals surface area contributed by atoms with Gasteiger partial charge in [0, 0.05) is 67.5 Å². The van der Waals surface area contributed by atoms with E-state index in [1.54, 1.807) is 0 Å². The first-order valence-electron chi connectivity index (χ1n) is 18.3. The number of rotatable bonds is 6. The van der Waals surface area contributed by atoms with Gasteiger partial charge in [0.05, 0.1) is 5.69 Å². The fourth-order valence-corrected chi connectivity index (χ4v) is 8.15. The van der Waals surface area contributed by atoms with E-state index in [4.69, 9.17) is 8.83 Å². The highest BCUT2D eigenvalue weighted by Crippen LogP contribution is 2.47. The molecule has 0 spiro atoms. The van der Waals surface area contributed by atoms with E-state index >= 15 is 0 Å². The Morgan fingerprint density at radius 2 is 0.759 bits per heavy atom. The lowest BCUT2D eigenvalue weighted by Gasteiger charge is -2.31. The predicted molar refractivity (Wildman–Crippen MR) is 225 cm³/mol. The summed E-state index contributed by atoms with van der Waals surface area (Å²) in [6, 6.07) is 68.6. The average Bonchev–Trinajstić information content (AvgIpc) is 3.79. The van der Waals surface area contributed by atoms with E-state index in [-0.39, 0.29) is 0 Å². The molecule has 0 saturated heterocycles. The zero-order chi connectivity index (χ0) is 35.6. The number of furan rings is 2. The molecule has 0 radical (unpaired) electrons.